The van der Waals surface area contributed by atoms with Gasteiger partial charge in [0, 0.05) is 48.2 Å². The largest absolute Gasteiger partial charge is 0.354 e. The average molecular weight is 568 g/mol. The Labute approximate surface area is 229 Å². The number of halogens is 1. The van der Waals surface area contributed by atoms with Crippen molar-refractivity contribution in [3.05, 3.63) is 106 Å². The molecule has 0 bridgehead atoms. The van der Waals surface area contributed by atoms with Gasteiger partial charge in [0.05, 0.1) is 0 Å². The van der Waals surface area contributed by atoms with Gasteiger partial charge in [-0.25, -0.2) is 4.98 Å². The van der Waals surface area contributed by atoms with Gasteiger partial charge in [0.2, 0.25) is 0 Å². The zero-order valence-corrected chi connectivity index (χ0v) is 22.3. The molecule has 1 aliphatic heterocycles. The van der Waals surface area contributed by atoms with Gasteiger partial charge in [-0.2, -0.15) is 4.98 Å². The lowest BCUT2D eigenvalue weighted by molar-refractivity contribution is 0.0767. The first-order chi connectivity index (χ1) is 18.7. The van der Waals surface area contributed by atoms with E-state index in [1.54, 1.807) is 0 Å². The summed E-state index contributed by atoms with van der Waals surface area (Å²) in [6, 6.07) is 27.7. The zero-order chi connectivity index (χ0) is 25.9. The van der Waals surface area contributed by atoms with Crippen LogP contribution in [0.3, 0.4) is 0 Å². The second kappa shape index (κ2) is 10.8. The quantitative estimate of drug-likeness (QED) is 0.259. The number of rotatable bonds is 5. The van der Waals surface area contributed by atoms with Gasteiger partial charge >= 0.3 is 0 Å². The third-order valence-electron chi connectivity index (χ3n) is 6.77. The van der Waals surface area contributed by atoms with Crippen LogP contribution < -0.4 is 4.90 Å². The van der Waals surface area contributed by atoms with E-state index < -0.39 is 0 Å². The molecule has 1 fully saturated rings. The predicted octanol–water partition coefficient (Wildman–Crippen LogP) is 5.99. The second-order valence-electron chi connectivity index (χ2n) is 9.35. The van der Waals surface area contributed by atoms with Gasteiger partial charge in [-0.1, -0.05) is 87.8 Å². The maximum atomic E-state index is 13.3. The number of benzene rings is 3. The van der Waals surface area contributed by atoms with Crippen molar-refractivity contribution < 1.29 is 9.32 Å². The summed E-state index contributed by atoms with van der Waals surface area (Å²) in [5.74, 6) is 1.53. The number of nitrogens with zero attached hydrogens (tertiary/aromatic N) is 5. The summed E-state index contributed by atoms with van der Waals surface area (Å²) in [7, 11) is 0. The van der Waals surface area contributed by atoms with E-state index in [9.17, 15) is 4.79 Å². The van der Waals surface area contributed by atoms with Gasteiger partial charge in [-0.05, 0) is 30.2 Å². The molecule has 38 heavy (non-hydrogen) atoms. The lowest BCUT2D eigenvalue weighted by Crippen LogP contribution is -2.35. The van der Waals surface area contributed by atoms with Crippen molar-refractivity contribution in [2.75, 3.05) is 31.1 Å². The first kappa shape index (κ1) is 24.3. The number of anilines is 1. The SMILES string of the molecule is O=C(c1cccc(Br)c1)N1CCCN(c2nc(Cc3ccccc3)nc3onc(-c4ccccc4)c23)CC1. The standard InChI is InChI=1S/C30H26BrN5O2/c31-24-14-7-13-23(20-24)30(37)36-16-8-15-35(17-18-36)28-26-27(22-11-5-2-6-12-22)34-38-29(26)33-25(32-28)19-21-9-3-1-4-10-21/h1-7,9-14,20H,8,15-19H2. The summed E-state index contributed by atoms with van der Waals surface area (Å²) in [6.45, 7) is 2.69. The molecule has 0 N–H and O–H groups in total. The molecule has 0 radical (unpaired) electrons. The van der Waals surface area contributed by atoms with E-state index in [1.165, 1.54) is 0 Å². The monoisotopic (exact) mass is 567 g/mol. The van der Waals surface area contributed by atoms with Crippen LogP contribution >= 0.6 is 15.9 Å². The van der Waals surface area contributed by atoms with Crippen molar-refractivity contribution in [3.8, 4) is 11.3 Å². The van der Waals surface area contributed by atoms with E-state index in [2.05, 4.69) is 38.1 Å². The molecule has 3 aromatic carbocycles. The van der Waals surface area contributed by atoms with Gasteiger partial charge in [0.25, 0.3) is 11.6 Å². The Bertz CT molecular complexity index is 1570. The molecule has 0 aliphatic carbocycles. The Kier molecular flexibility index (Phi) is 6.88. The molecule has 2 aromatic heterocycles. The molecule has 0 atom stereocenters. The molecule has 0 spiro atoms. The fourth-order valence-electron chi connectivity index (χ4n) is 4.90. The summed E-state index contributed by atoms with van der Waals surface area (Å²) < 4.78 is 6.67. The highest BCUT2D eigenvalue weighted by Crippen LogP contribution is 2.34. The molecule has 0 saturated carbocycles. The first-order valence-corrected chi connectivity index (χ1v) is 13.5. The Morgan fingerprint density at radius 1 is 0.868 bits per heavy atom. The van der Waals surface area contributed by atoms with Crippen molar-refractivity contribution >= 4 is 38.8 Å². The van der Waals surface area contributed by atoms with Crippen LogP contribution in [0.5, 0.6) is 0 Å². The zero-order valence-electron chi connectivity index (χ0n) is 20.8. The highest BCUT2D eigenvalue weighted by Gasteiger charge is 2.26. The molecule has 7 nitrogen and oxygen atoms in total. The van der Waals surface area contributed by atoms with Crippen molar-refractivity contribution in [2.24, 2.45) is 0 Å². The van der Waals surface area contributed by atoms with E-state index in [0.717, 1.165) is 45.5 Å². The fourth-order valence-corrected chi connectivity index (χ4v) is 5.29. The van der Waals surface area contributed by atoms with Crippen molar-refractivity contribution in [2.45, 2.75) is 12.8 Å². The van der Waals surface area contributed by atoms with Crippen LogP contribution in [0.15, 0.2) is 93.9 Å². The summed E-state index contributed by atoms with van der Waals surface area (Å²) in [5.41, 5.74) is 3.97. The van der Waals surface area contributed by atoms with Crippen LogP contribution in [0.1, 0.15) is 28.2 Å². The smallest absolute Gasteiger partial charge is 0.263 e. The number of carbonyl (C=O) groups excluding carboxylic acids is 1. The Balaban J connectivity index is 1.36. The van der Waals surface area contributed by atoms with E-state index in [-0.39, 0.29) is 5.91 Å². The maximum absolute atomic E-state index is 13.3. The normalized spacial score (nSPS) is 14.0. The van der Waals surface area contributed by atoms with Crippen LogP contribution in [0.2, 0.25) is 0 Å². The van der Waals surface area contributed by atoms with Gasteiger partial charge in [-0.15, -0.1) is 0 Å². The number of fused-ring (bicyclic) bond motifs is 1. The molecule has 0 unspecified atom stereocenters. The first-order valence-electron chi connectivity index (χ1n) is 12.7. The Morgan fingerprint density at radius 3 is 2.45 bits per heavy atom. The van der Waals surface area contributed by atoms with E-state index in [0.29, 0.717) is 43.2 Å². The van der Waals surface area contributed by atoms with Crippen LogP contribution in [0, 0.1) is 0 Å². The molecule has 1 amide bonds. The van der Waals surface area contributed by atoms with Gasteiger partial charge in [0.1, 0.15) is 22.7 Å². The third-order valence-corrected chi connectivity index (χ3v) is 7.26. The third kappa shape index (κ3) is 5.04. The minimum absolute atomic E-state index is 0.0423. The molecule has 1 saturated heterocycles. The molecular formula is C30H26BrN5O2. The highest BCUT2D eigenvalue weighted by atomic mass is 79.9. The van der Waals surface area contributed by atoms with Crippen LogP contribution in [-0.2, 0) is 6.42 Å². The van der Waals surface area contributed by atoms with Crippen molar-refractivity contribution in [1.29, 1.82) is 0 Å². The second-order valence-corrected chi connectivity index (χ2v) is 10.3. The van der Waals surface area contributed by atoms with Gasteiger partial charge < -0.3 is 14.3 Å². The summed E-state index contributed by atoms with van der Waals surface area (Å²) in [6.07, 6.45) is 1.41. The summed E-state index contributed by atoms with van der Waals surface area (Å²) >= 11 is 3.48. The Morgan fingerprint density at radius 2 is 1.66 bits per heavy atom. The van der Waals surface area contributed by atoms with E-state index in [1.807, 2.05) is 77.7 Å². The van der Waals surface area contributed by atoms with Crippen LogP contribution in [-0.4, -0.2) is 52.1 Å². The molecule has 6 rings (SSSR count). The number of hydrogen-bond donors (Lipinski definition) is 0. The van der Waals surface area contributed by atoms with E-state index in [4.69, 9.17) is 14.5 Å². The van der Waals surface area contributed by atoms with E-state index >= 15 is 0 Å². The van der Waals surface area contributed by atoms with Crippen molar-refractivity contribution in [1.82, 2.24) is 20.0 Å². The summed E-state index contributed by atoms with van der Waals surface area (Å²) in [5, 5.41) is 5.22. The topological polar surface area (TPSA) is 75.4 Å². The lowest BCUT2D eigenvalue weighted by Gasteiger charge is -2.24. The maximum Gasteiger partial charge on any atom is 0.263 e. The summed E-state index contributed by atoms with van der Waals surface area (Å²) in [4.78, 5) is 27.2. The molecule has 3 heterocycles. The van der Waals surface area contributed by atoms with Crippen molar-refractivity contribution in [3.63, 3.8) is 0 Å². The van der Waals surface area contributed by atoms with Crippen LogP contribution in [0.4, 0.5) is 5.82 Å². The molecule has 8 heteroatoms. The molecule has 1 aliphatic rings. The van der Waals surface area contributed by atoms with Crippen LogP contribution in [0.25, 0.3) is 22.4 Å². The Hall–Kier alpha value is -4.04. The lowest BCUT2D eigenvalue weighted by atomic mass is 10.1. The minimum atomic E-state index is 0.0423. The number of carbonyl (C=O) groups is 1. The number of hydrogen-bond acceptors (Lipinski definition) is 6. The minimum Gasteiger partial charge on any atom is -0.354 e. The van der Waals surface area contributed by atoms with Gasteiger partial charge in [-0.3, -0.25) is 4.79 Å². The fraction of sp³-hybridized carbons (Fsp3) is 0.200. The molecule has 190 valence electrons. The molecular weight excluding hydrogens is 542 g/mol. The van der Waals surface area contributed by atoms with Gasteiger partial charge in [0.15, 0.2) is 0 Å². The molecule has 5 aromatic rings. The average Bonchev–Trinajstić information content (AvgIpc) is 3.22. The predicted molar refractivity (Wildman–Crippen MR) is 151 cm³/mol. The number of amides is 1. The number of aromatic nitrogens is 3. The highest BCUT2D eigenvalue weighted by molar-refractivity contribution is 9.10.